The van der Waals surface area contributed by atoms with Gasteiger partial charge < -0.3 is 0 Å². The fourth-order valence-electron chi connectivity index (χ4n) is 0. The molecule has 70 valence electrons. The van der Waals surface area contributed by atoms with Gasteiger partial charge in [-0.05, 0) is 5.92 Å². The summed E-state index contributed by atoms with van der Waals surface area (Å²) >= 11 is 0. The van der Waals surface area contributed by atoms with E-state index < -0.39 is 0 Å². The summed E-state index contributed by atoms with van der Waals surface area (Å²) in [7, 11) is 0. The van der Waals surface area contributed by atoms with Crippen molar-refractivity contribution in [3.63, 3.8) is 0 Å². The third-order valence-electron chi connectivity index (χ3n) is 1.32. The number of hydrogen-bond donors (Lipinski definition) is 0. The Kier molecular flexibility index (Phi) is 34.9. The quantitative estimate of drug-likeness (QED) is 0.513. The zero-order valence-electron chi connectivity index (χ0n) is 9.11. The summed E-state index contributed by atoms with van der Waals surface area (Å²) in [6.45, 7) is 17.0. The molecule has 0 spiro atoms. The second kappa shape index (κ2) is 22.6. The van der Waals surface area contributed by atoms with E-state index >= 15 is 0 Å². The molecule has 11 heavy (non-hydrogen) atoms. The van der Waals surface area contributed by atoms with Crippen LogP contribution in [0.15, 0.2) is 13.2 Å². The van der Waals surface area contributed by atoms with Crippen LogP contribution in [-0.4, -0.2) is 0 Å². The Morgan fingerprint density at radius 3 is 1.09 bits per heavy atom. The van der Waals surface area contributed by atoms with Crippen LogP contribution < -0.4 is 0 Å². The molecule has 0 aromatic rings. The van der Waals surface area contributed by atoms with E-state index in [2.05, 4.69) is 47.8 Å². The molecule has 0 nitrogen and oxygen atoms in total. The van der Waals surface area contributed by atoms with Gasteiger partial charge in [-0.1, -0.05) is 53.9 Å². The predicted molar refractivity (Wildman–Crippen MR) is 57.0 cm³/mol. The number of hydrogen-bond acceptors (Lipinski definition) is 0. The zero-order valence-corrected chi connectivity index (χ0v) is 9.11. The van der Waals surface area contributed by atoms with Gasteiger partial charge in [-0.25, -0.2) is 0 Å². The Morgan fingerprint density at radius 2 is 1.09 bits per heavy atom. The van der Waals surface area contributed by atoms with Crippen LogP contribution >= 0.6 is 0 Å². The molecule has 0 rings (SSSR count). The van der Waals surface area contributed by atoms with E-state index in [0.29, 0.717) is 0 Å². The van der Waals surface area contributed by atoms with Crippen molar-refractivity contribution >= 4 is 0 Å². The Hall–Kier alpha value is -0.260. The highest BCUT2D eigenvalue weighted by Crippen LogP contribution is 1.93. The molecule has 0 heteroatoms. The average Bonchev–Trinajstić information content (AvgIpc) is 2.08. The average molecular weight is 158 g/mol. The van der Waals surface area contributed by atoms with Gasteiger partial charge in [-0.15, -0.1) is 13.2 Å². The fraction of sp³-hybridized carbons (Fsp3) is 0.818. The van der Waals surface area contributed by atoms with Crippen molar-refractivity contribution in [3.05, 3.63) is 13.2 Å². The van der Waals surface area contributed by atoms with Crippen LogP contribution in [0.2, 0.25) is 0 Å². The molecule has 0 N–H and O–H groups in total. The second-order valence-corrected chi connectivity index (χ2v) is 2.80. The predicted octanol–water partition coefficient (Wildman–Crippen LogP) is 4.66. The lowest BCUT2D eigenvalue weighted by molar-refractivity contribution is 0.626. The standard InChI is InChI=1S/C5H12.C4H10.C2H4/c1-4-5(2)3;1-3-4-2;1-2/h5H,4H2,1-3H3;3-4H2,1-2H3;1-2H2. The summed E-state index contributed by atoms with van der Waals surface area (Å²) in [6.07, 6.45) is 3.94. The van der Waals surface area contributed by atoms with Crippen LogP contribution in [0.4, 0.5) is 0 Å². The van der Waals surface area contributed by atoms with Crippen molar-refractivity contribution in [2.24, 2.45) is 5.92 Å². The molecule has 0 fully saturated rings. The van der Waals surface area contributed by atoms with E-state index in [1.54, 1.807) is 0 Å². The Morgan fingerprint density at radius 1 is 0.909 bits per heavy atom. The van der Waals surface area contributed by atoms with Crippen molar-refractivity contribution in [2.75, 3.05) is 0 Å². The third kappa shape index (κ3) is 77.7. The first-order valence-electron chi connectivity index (χ1n) is 4.68. The van der Waals surface area contributed by atoms with E-state index in [1.165, 1.54) is 19.3 Å². The van der Waals surface area contributed by atoms with E-state index in [-0.39, 0.29) is 0 Å². The maximum absolute atomic E-state index is 3.00. The second-order valence-electron chi connectivity index (χ2n) is 2.80. The zero-order chi connectivity index (χ0) is 9.70. The van der Waals surface area contributed by atoms with Crippen LogP contribution in [0.3, 0.4) is 0 Å². The largest absolute Gasteiger partial charge is 0.106 e. The number of unbranched alkanes of at least 4 members (excludes halogenated alkanes) is 1. The highest BCUT2D eigenvalue weighted by Gasteiger charge is 1.80. The Bertz CT molecular complexity index is 35.3. The molecule has 0 unspecified atom stereocenters. The van der Waals surface area contributed by atoms with Gasteiger partial charge in [0, 0.05) is 0 Å². The first kappa shape index (κ1) is 17.0. The normalized spacial score (nSPS) is 7.45. The molecule has 0 radical (unpaired) electrons. The molecule has 0 amide bonds. The lowest BCUT2D eigenvalue weighted by atomic mass is 10.2. The van der Waals surface area contributed by atoms with Crippen LogP contribution in [0.5, 0.6) is 0 Å². The summed E-state index contributed by atoms with van der Waals surface area (Å²) in [5.74, 6) is 0.884. The third-order valence-corrected chi connectivity index (χ3v) is 1.32. The molecule has 0 bridgehead atoms. The maximum atomic E-state index is 3.00. The van der Waals surface area contributed by atoms with Crippen LogP contribution in [0.25, 0.3) is 0 Å². The summed E-state index contributed by atoms with van der Waals surface area (Å²) in [5.41, 5.74) is 0. The van der Waals surface area contributed by atoms with Crippen molar-refractivity contribution in [3.8, 4) is 0 Å². The Labute approximate surface area is 73.7 Å². The van der Waals surface area contributed by atoms with E-state index in [4.69, 9.17) is 0 Å². The van der Waals surface area contributed by atoms with Crippen LogP contribution in [0.1, 0.15) is 53.9 Å². The van der Waals surface area contributed by atoms with Gasteiger partial charge in [0.15, 0.2) is 0 Å². The van der Waals surface area contributed by atoms with E-state index in [1.807, 2.05) is 0 Å². The minimum absolute atomic E-state index is 0.884. The van der Waals surface area contributed by atoms with Gasteiger partial charge in [0.05, 0.1) is 0 Å². The summed E-state index contributed by atoms with van der Waals surface area (Å²) in [4.78, 5) is 0. The molecule has 0 aliphatic rings. The molecule has 0 saturated heterocycles. The molecule has 0 aromatic heterocycles. The molecule has 0 aromatic carbocycles. The summed E-state index contributed by atoms with van der Waals surface area (Å²) in [6, 6.07) is 0. The molecule has 0 saturated carbocycles. The smallest absolute Gasteiger partial charge is 0.0474 e. The van der Waals surface area contributed by atoms with Gasteiger partial charge in [0.2, 0.25) is 0 Å². The fourth-order valence-corrected chi connectivity index (χ4v) is 0. The highest BCUT2D eigenvalue weighted by atomic mass is 13.9. The van der Waals surface area contributed by atoms with Gasteiger partial charge in [0.1, 0.15) is 0 Å². The SMILES string of the molecule is C=C.CCC(C)C.CCCC. The summed E-state index contributed by atoms with van der Waals surface area (Å²) in [5, 5.41) is 0. The van der Waals surface area contributed by atoms with Crippen molar-refractivity contribution < 1.29 is 0 Å². The first-order valence-corrected chi connectivity index (χ1v) is 4.68. The molecule has 0 aliphatic carbocycles. The molecular formula is C11H26. The van der Waals surface area contributed by atoms with E-state index in [0.717, 1.165) is 5.92 Å². The van der Waals surface area contributed by atoms with E-state index in [9.17, 15) is 0 Å². The van der Waals surface area contributed by atoms with Gasteiger partial charge in [0.25, 0.3) is 0 Å². The minimum atomic E-state index is 0.884. The van der Waals surface area contributed by atoms with Crippen molar-refractivity contribution in [1.82, 2.24) is 0 Å². The van der Waals surface area contributed by atoms with Gasteiger partial charge in [-0.2, -0.15) is 0 Å². The summed E-state index contributed by atoms with van der Waals surface area (Å²) < 4.78 is 0. The molecular weight excluding hydrogens is 132 g/mol. The van der Waals surface area contributed by atoms with Gasteiger partial charge >= 0.3 is 0 Å². The molecule has 0 atom stereocenters. The first-order chi connectivity index (χ1) is 5.18. The lowest BCUT2D eigenvalue weighted by Gasteiger charge is -1.90. The minimum Gasteiger partial charge on any atom is -0.106 e. The molecule has 0 aliphatic heterocycles. The molecule has 0 heterocycles. The monoisotopic (exact) mass is 158 g/mol. The van der Waals surface area contributed by atoms with Gasteiger partial charge in [-0.3, -0.25) is 0 Å². The highest BCUT2D eigenvalue weighted by molar-refractivity contribution is 4.32. The Balaban J connectivity index is -0.0000000965. The topological polar surface area (TPSA) is 0 Å². The number of rotatable bonds is 2. The van der Waals surface area contributed by atoms with Crippen molar-refractivity contribution in [1.29, 1.82) is 0 Å². The van der Waals surface area contributed by atoms with Crippen LogP contribution in [-0.2, 0) is 0 Å². The van der Waals surface area contributed by atoms with Crippen LogP contribution in [0, 0.1) is 5.92 Å². The van der Waals surface area contributed by atoms with Crippen molar-refractivity contribution in [2.45, 2.75) is 53.9 Å². The maximum Gasteiger partial charge on any atom is -0.0474 e. The lowest BCUT2D eigenvalue weighted by Crippen LogP contribution is -1.77.